The zero-order valence-electron chi connectivity index (χ0n) is 6.00. The Labute approximate surface area is 55.7 Å². The first-order chi connectivity index (χ1) is 4.24. The molecule has 0 aromatic heterocycles. The average molecular weight is 130 g/mol. The van der Waals surface area contributed by atoms with Gasteiger partial charge < -0.3 is 9.74 Å². The van der Waals surface area contributed by atoms with Crippen molar-refractivity contribution in [3.05, 3.63) is 0 Å². The fraction of sp³-hybridized carbons (Fsp3) is 1.00. The van der Waals surface area contributed by atoms with Gasteiger partial charge in [-0.2, -0.15) is 0 Å². The van der Waals surface area contributed by atoms with Gasteiger partial charge in [-0.25, -0.2) is 5.90 Å². The molecule has 0 saturated heterocycles. The highest BCUT2D eigenvalue weighted by Crippen LogP contribution is 2.24. The van der Waals surface area contributed by atoms with Crippen LogP contribution < -0.4 is 5.90 Å². The summed E-state index contributed by atoms with van der Waals surface area (Å²) in [4.78, 5) is 6.84. The minimum Gasteiger partial charge on any atom is -0.306 e. The van der Waals surface area contributed by atoms with Gasteiger partial charge in [-0.1, -0.05) is 0 Å². The molecular weight excluding hydrogens is 116 g/mol. The summed E-state index contributed by atoms with van der Waals surface area (Å²) in [6.45, 7) is 0. The third-order valence-corrected chi connectivity index (χ3v) is 1.99. The molecule has 3 heteroatoms. The molecule has 3 nitrogen and oxygen atoms in total. The molecule has 1 aliphatic rings. The lowest BCUT2D eigenvalue weighted by Gasteiger charge is -2.37. The standard InChI is InChI=1S/C6H14N2O/c1-8(2)5-3-6(4-5)9-7/h5-6H,3-4,7H2,1-2H3/t5-,6+. The first kappa shape index (κ1) is 6.99. The summed E-state index contributed by atoms with van der Waals surface area (Å²) in [5, 5.41) is 0. The van der Waals surface area contributed by atoms with Gasteiger partial charge in [0.15, 0.2) is 0 Å². The Balaban J connectivity index is 2.12. The summed E-state index contributed by atoms with van der Waals surface area (Å²) >= 11 is 0. The highest BCUT2D eigenvalue weighted by molar-refractivity contribution is 4.84. The van der Waals surface area contributed by atoms with Crippen LogP contribution in [0.3, 0.4) is 0 Å². The van der Waals surface area contributed by atoms with Gasteiger partial charge in [0.1, 0.15) is 0 Å². The predicted molar refractivity (Wildman–Crippen MR) is 35.8 cm³/mol. The van der Waals surface area contributed by atoms with E-state index in [1.807, 2.05) is 0 Å². The Kier molecular flexibility index (Phi) is 2.05. The maximum absolute atomic E-state index is 4.98. The monoisotopic (exact) mass is 130 g/mol. The van der Waals surface area contributed by atoms with E-state index in [9.17, 15) is 0 Å². The molecule has 0 spiro atoms. The average Bonchev–Trinajstić information content (AvgIpc) is 1.61. The largest absolute Gasteiger partial charge is 0.306 e. The minimum atomic E-state index is 0.317. The van der Waals surface area contributed by atoms with E-state index in [0.29, 0.717) is 12.1 Å². The summed E-state index contributed by atoms with van der Waals surface area (Å²) in [5.41, 5.74) is 0. The predicted octanol–water partition coefficient (Wildman–Crippen LogP) is -0.0307. The molecule has 0 heterocycles. The molecule has 2 N–H and O–H groups in total. The van der Waals surface area contributed by atoms with Crippen LogP contribution in [0.15, 0.2) is 0 Å². The van der Waals surface area contributed by atoms with E-state index in [2.05, 4.69) is 23.8 Å². The van der Waals surface area contributed by atoms with Crippen molar-refractivity contribution >= 4 is 0 Å². The van der Waals surface area contributed by atoms with Crippen molar-refractivity contribution in [2.24, 2.45) is 5.90 Å². The molecule has 0 atom stereocenters. The van der Waals surface area contributed by atoms with Gasteiger partial charge in [-0.05, 0) is 26.9 Å². The Morgan fingerprint density at radius 2 is 2.00 bits per heavy atom. The molecule has 0 aromatic rings. The van der Waals surface area contributed by atoms with Crippen molar-refractivity contribution in [3.8, 4) is 0 Å². The fourth-order valence-electron chi connectivity index (χ4n) is 1.07. The van der Waals surface area contributed by atoms with Gasteiger partial charge in [0, 0.05) is 6.04 Å². The lowest BCUT2D eigenvalue weighted by Crippen LogP contribution is -2.45. The molecule has 1 rings (SSSR count). The smallest absolute Gasteiger partial charge is 0.0817 e. The summed E-state index contributed by atoms with van der Waals surface area (Å²) in [6, 6.07) is 0.693. The van der Waals surface area contributed by atoms with E-state index in [1.165, 1.54) is 0 Å². The van der Waals surface area contributed by atoms with Crippen LogP contribution >= 0.6 is 0 Å². The number of hydrogen-bond acceptors (Lipinski definition) is 3. The normalized spacial score (nSPS) is 34.7. The van der Waals surface area contributed by atoms with E-state index >= 15 is 0 Å². The lowest BCUT2D eigenvalue weighted by atomic mass is 9.89. The molecule has 9 heavy (non-hydrogen) atoms. The number of hydrogen-bond donors (Lipinski definition) is 1. The molecule has 0 aliphatic heterocycles. The zero-order valence-corrected chi connectivity index (χ0v) is 6.00. The second-order valence-electron chi connectivity index (χ2n) is 2.85. The Bertz CT molecular complexity index is 89.1. The summed E-state index contributed by atoms with van der Waals surface area (Å²) in [6.07, 6.45) is 2.49. The van der Waals surface area contributed by atoms with Crippen LogP contribution in [0.1, 0.15) is 12.8 Å². The van der Waals surface area contributed by atoms with Gasteiger partial charge in [-0.15, -0.1) is 0 Å². The first-order valence-electron chi connectivity index (χ1n) is 3.26. The summed E-state index contributed by atoms with van der Waals surface area (Å²) in [5.74, 6) is 4.98. The van der Waals surface area contributed by atoms with Crippen molar-refractivity contribution in [1.29, 1.82) is 0 Å². The lowest BCUT2D eigenvalue weighted by molar-refractivity contribution is -0.0415. The third-order valence-electron chi connectivity index (χ3n) is 1.99. The molecule has 0 bridgehead atoms. The van der Waals surface area contributed by atoms with Gasteiger partial charge in [0.05, 0.1) is 6.10 Å². The van der Waals surface area contributed by atoms with Crippen molar-refractivity contribution in [2.75, 3.05) is 14.1 Å². The summed E-state index contributed by atoms with van der Waals surface area (Å²) in [7, 11) is 4.16. The van der Waals surface area contributed by atoms with Gasteiger partial charge in [0.2, 0.25) is 0 Å². The molecule has 1 saturated carbocycles. The fourth-order valence-corrected chi connectivity index (χ4v) is 1.07. The molecule has 0 amide bonds. The van der Waals surface area contributed by atoms with Crippen LogP contribution in [0.4, 0.5) is 0 Å². The second-order valence-corrected chi connectivity index (χ2v) is 2.85. The van der Waals surface area contributed by atoms with E-state index in [-0.39, 0.29) is 0 Å². The SMILES string of the molecule is CN(C)[C@H]1C[C@@H](ON)C1. The van der Waals surface area contributed by atoms with E-state index < -0.39 is 0 Å². The highest BCUT2D eigenvalue weighted by Gasteiger charge is 2.30. The van der Waals surface area contributed by atoms with E-state index in [4.69, 9.17) is 5.90 Å². The zero-order chi connectivity index (χ0) is 6.85. The van der Waals surface area contributed by atoms with Gasteiger partial charge >= 0.3 is 0 Å². The Hall–Kier alpha value is -0.120. The number of nitrogens with zero attached hydrogens (tertiary/aromatic N) is 1. The van der Waals surface area contributed by atoms with Crippen LogP contribution in [-0.2, 0) is 4.84 Å². The molecular formula is C6H14N2O. The van der Waals surface area contributed by atoms with Crippen molar-refractivity contribution in [1.82, 2.24) is 4.90 Å². The van der Waals surface area contributed by atoms with Crippen molar-refractivity contribution < 1.29 is 4.84 Å². The second kappa shape index (κ2) is 2.64. The first-order valence-corrected chi connectivity index (χ1v) is 3.26. The molecule has 0 radical (unpaired) electrons. The van der Waals surface area contributed by atoms with Crippen LogP contribution in [0, 0.1) is 0 Å². The van der Waals surface area contributed by atoms with E-state index in [1.54, 1.807) is 0 Å². The van der Waals surface area contributed by atoms with Crippen LogP contribution in [0.5, 0.6) is 0 Å². The van der Waals surface area contributed by atoms with Crippen LogP contribution in [-0.4, -0.2) is 31.1 Å². The third kappa shape index (κ3) is 1.41. The van der Waals surface area contributed by atoms with Gasteiger partial charge in [0.25, 0.3) is 0 Å². The van der Waals surface area contributed by atoms with Crippen LogP contribution in [0.2, 0.25) is 0 Å². The topological polar surface area (TPSA) is 38.5 Å². The maximum atomic E-state index is 4.98. The highest BCUT2D eigenvalue weighted by atomic mass is 16.6. The minimum absolute atomic E-state index is 0.317. The van der Waals surface area contributed by atoms with Crippen molar-refractivity contribution in [2.45, 2.75) is 25.0 Å². The molecule has 1 fully saturated rings. The molecule has 0 unspecified atom stereocenters. The molecule has 1 aliphatic carbocycles. The van der Waals surface area contributed by atoms with Crippen LogP contribution in [0.25, 0.3) is 0 Å². The molecule has 0 aromatic carbocycles. The number of rotatable bonds is 2. The molecule has 54 valence electrons. The summed E-state index contributed by atoms with van der Waals surface area (Å²) < 4.78 is 0. The Morgan fingerprint density at radius 1 is 1.44 bits per heavy atom. The number of nitrogens with two attached hydrogens (primary N) is 1. The van der Waals surface area contributed by atoms with Crippen molar-refractivity contribution in [3.63, 3.8) is 0 Å². The van der Waals surface area contributed by atoms with Gasteiger partial charge in [-0.3, -0.25) is 0 Å². The Morgan fingerprint density at radius 3 is 2.33 bits per heavy atom. The van der Waals surface area contributed by atoms with E-state index in [0.717, 1.165) is 12.8 Å². The quantitative estimate of drug-likeness (QED) is 0.533. The maximum Gasteiger partial charge on any atom is 0.0817 e.